The number of carbonyl (C=O) groups is 1. The molecule has 3 nitrogen and oxygen atoms in total. The molecule has 33 heavy (non-hydrogen) atoms. The molecule has 0 fully saturated rings. The van der Waals surface area contributed by atoms with Gasteiger partial charge in [-0.25, -0.2) is 4.79 Å². The standard InChI is InChI=1S/C28H25Cl2NO2/c1-3-33-28(32)24-16-19(2)18-31(27(24)23-15-14-22(29)17-25(23)30)26(20-10-6-4-7-11-20)21-12-8-5-9-13-21/h4-18,26-27H,3H2,1-2H3/t27-/m1/s1. The highest BCUT2D eigenvalue weighted by atomic mass is 35.5. The third-order valence-electron chi connectivity index (χ3n) is 5.63. The summed E-state index contributed by atoms with van der Waals surface area (Å²) in [6.45, 7) is 4.09. The van der Waals surface area contributed by atoms with E-state index in [4.69, 9.17) is 27.9 Å². The third kappa shape index (κ3) is 5.00. The molecule has 0 aromatic heterocycles. The van der Waals surface area contributed by atoms with Crippen LogP contribution in [0.2, 0.25) is 10.0 Å². The highest BCUT2D eigenvalue weighted by Crippen LogP contribution is 2.44. The minimum absolute atomic E-state index is 0.155. The van der Waals surface area contributed by atoms with Crippen LogP contribution in [0.4, 0.5) is 0 Å². The van der Waals surface area contributed by atoms with Gasteiger partial charge in [-0.2, -0.15) is 0 Å². The number of allylic oxidation sites excluding steroid dienone is 2. The number of halogens is 2. The highest BCUT2D eigenvalue weighted by molar-refractivity contribution is 6.35. The number of carbonyl (C=O) groups excluding carboxylic acids is 1. The topological polar surface area (TPSA) is 29.5 Å². The summed E-state index contributed by atoms with van der Waals surface area (Å²) in [5.74, 6) is -0.356. The van der Waals surface area contributed by atoms with E-state index < -0.39 is 6.04 Å². The van der Waals surface area contributed by atoms with Crippen LogP contribution in [0.15, 0.2) is 102 Å². The molecule has 1 aliphatic rings. The van der Waals surface area contributed by atoms with E-state index >= 15 is 0 Å². The molecule has 0 radical (unpaired) electrons. The maximum Gasteiger partial charge on any atom is 0.336 e. The Morgan fingerprint density at radius 3 is 2.12 bits per heavy atom. The molecule has 0 saturated heterocycles. The SMILES string of the molecule is CCOC(=O)C1=CC(C)=CN(C(c2ccccc2)c2ccccc2)[C@@H]1c1ccc(Cl)cc1Cl. The molecule has 3 aromatic rings. The first-order valence-electron chi connectivity index (χ1n) is 10.9. The number of esters is 1. The molecule has 1 aliphatic heterocycles. The summed E-state index contributed by atoms with van der Waals surface area (Å²) in [4.78, 5) is 15.3. The lowest BCUT2D eigenvalue weighted by Crippen LogP contribution is -2.35. The van der Waals surface area contributed by atoms with Crippen LogP contribution in [0.5, 0.6) is 0 Å². The van der Waals surface area contributed by atoms with Crippen molar-refractivity contribution in [3.63, 3.8) is 0 Å². The van der Waals surface area contributed by atoms with Crippen molar-refractivity contribution in [3.8, 4) is 0 Å². The van der Waals surface area contributed by atoms with Gasteiger partial charge in [0.2, 0.25) is 0 Å². The first kappa shape index (κ1) is 23.2. The minimum Gasteiger partial charge on any atom is -0.463 e. The zero-order valence-electron chi connectivity index (χ0n) is 18.5. The first-order valence-corrected chi connectivity index (χ1v) is 11.6. The number of hydrogen-bond donors (Lipinski definition) is 0. The molecule has 0 aliphatic carbocycles. The second-order valence-corrected chi connectivity index (χ2v) is 8.78. The number of ether oxygens (including phenoxy) is 1. The minimum atomic E-state index is -0.456. The van der Waals surface area contributed by atoms with Crippen molar-refractivity contribution >= 4 is 29.2 Å². The van der Waals surface area contributed by atoms with Gasteiger partial charge in [0.05, 0.1) is 24.3 Å². The molecule has 0 bridgehead atoms. The number of rotatable bonds is 6. The monoisotopic (exact) mass is 477 g/mol. The Hall–Kier alpha value is -3.01. The lowest BCUT2D eigenvalue weighted by molar-refractivity contribution is -0.139. The summed E-state index contributed by atoms with van der Waals surface area (Å²) in [5, 5.41) is 1.04. The molecule has 1 heterocycles. The zero-order chi connectivity index (χ0) is 23.4. The third-order valence-corrected chi connectivity index (χ3v) is 6.19. The van der Waals surface area contributed by atoms with Crippen LogP contribution < -0.4 is 0 Å². The fraction of sp³-hybridized carbons (Fsp3) is 0.179. The van der Waals surface area contributed by atoms with Crippen molar-refractivity contribution in [1.29, 1.82) is 0 Å². The summed E-state index contributed by atoms with van der Waals surface area (Å²) >= 11 is 12.9. The van der Waals surface area contributed by atoms with E-state index in [1.165, 1.54) is 0 Å². The van der Waals surface area contributed by atoms with Gasteiger partial charge >= 0.3 is 5.97 Å². The summed E-state index contributed by atoms with van der Waals surface area (Å²) in [6.07, 6.45) is 3.97. The van der Waals surface area contributed by atoms with Crippen LogP contribution >= 0.6 is 23.2 Å². The highest BCUT2D eigenvalue weighted by Gasteiger charge is 2.37. The van der Waals surface area contributed by atoms with E-state index in [-0.39, 0.29) is 12.0 Å². The summed E-state index contributed by atoms with van der Waals surface area (Å²) < 4.78 is 5.45. The van der Waals surface area contributed by atoms with E-state index in [0.29, 0.717) is 22.2 Å². The van der Waals surface area contributed by atoms with Crippen LogP contribution in [0, 0.1) is 0 Å². The van der Waals surface area contributed by atoms with Crippen LogP contribution in [0.25, 0.3) is 0 Å². The van der Waals surface area contributed by atoms with E-state index in [9.17, 15) is 4.79 Å². The van der Waals surface area contributed by atoms with Gasteiger partial charge in [0.25, 0.3) is 0 Å². The Morgan fingerprint density at radius 1 is 0.970 bits per heavy atom. The van der Waals surface area contributed by atoms with Crippen LogP contribution in [-0.2, 0) is 9.53 Å². The molecule has 0 N–H and O–H groups in total. The van der Waals surface area contributed by atoms with Gasteiger partial charge in [-0.1, -0.05) is 89.9 Å². The van der Waals surface area contributed by atoms with Crippen LogP contribution in [-0.4, -0.2) is 17.5 Å². The van der Waals surface area contributed by atoms with Gasteiger partial charge in [0, 0.05) is 16.2 Å². The van der Waals surface area contributed by atoms with Gasteiger partial charge in [-0.3, -0.25) is 0 Å². The fourth-order valence-corrected chi connectivity index (χ4v) is 4.81. The van der Waals surface area contributed by atoms with E-state index in [1.807, 2.05) is 62.4 Å². The summed E-state index contributed by atoms with van der Waals surface area (Å²) in [7, 11) is 0. The largest absolute Gasteiger partial charge is 0.463 e. The Labute approximate surface area is 204 Å². The van der Waals surface area contributed by atoms with Crippen molar-refractivity contribution in [2.45, 2.75) is 25.9 Å². The van der Waals surface area contributed by atoms with Crippen molar-refractivity contribution in [1.82, 2.24) is 4.90 Å². The van der Waals surface area contributed by atoms with Crippen molar-refractivity contribution in [3.05, 3.63) is 129 Å². The van der Waals surface area contributed by atoms with Crippen molar-refractivity contribution < 1.29 is 9.53 Å². The van der Waals surface area contributed by atoms with Gasteiger partial charge in [-0.05, 0) is 54.3 Å². The maximum absolute atomic E-state index is 13.1. The molecule has 0 spiro atoms. The van der Waals surface area contributed by atoms with Gasteiger partial charge in [-0.15, -0.1) is 0 Å². The van der Waals surface area contributed by atoms with Gasteiger partial charge in [0.15, 0.2) is 0 Å². The molecule has 0 amide bonds. The Kier molecular flexibility index (Phi) is 7.22. The average Bonchev–Trinajstić information content (AvgIpc) is 2.81. The van der Waals surface area contributed by atoms with E-state index in [2.05, 4.69) is 35.4 Å². The molecule has 5 heteroatoms. The second kappa shape index (κ2) is 10.3. The first-order chi connectivity index (χ1) is 16.0. The summed E-state index contributed by atoms with van der Waals surface area (Å²) in [5.41, 5.74) is 4.50. The summed E-state index contributed by atoms with van der Waals surface area (Å²) in [6, 6.07) is 25.3. The zero-order valence-corrected chi connectivity index (χ0v) is 20.1. The Morgan fingerprint density at radius 2 is 1.58 bits per heavy atom. The molecular weight excluding hydrogens is 453 g/mol. The lowest BCUT2D eigenvalue weighted by atomic mass is 9.88. The second-order valence-electron chi connectivity index (χ2n) is 7.93. The Balaban J connectivity index is 1.94. The molecule has 3 aromatic carbocycles. The molecule has 4 rings (SSSR count). The van der Waals surface area contributed by atoms with Crippen molar-refractivity contribution in [2.75, 3.05) is 6.61 Å². The van der Waals surface area contributed by atoms with Gasteiger partial charge < -0.3 is 9.64 Å². The molecule has 0 saturated carbocycles. The number of hydrogen-bond acceptors (Lipinski definition) is 3. The molecule has 0 unspecified atom stereocenters. The van der Waals surface area contributed by atoms with Gasteiger partial charge in [0.1, 0.15) is 0 Å². The van der Waals surface area contributed by atoms with E-state index in [0.717, 1.165) is 22.3 Å². The molecule has 1 atom stereocenters. The predicted molar refractivity (Wildman–Crippen MR) is 134 cm³/mol. The number of benzene rings is 3. The number of nitrogens with zero attached hydrogens (tertiary/aromatic N) is 1. The average molecular weight is 478 g/mol. The van der Waals surface area contributed by atoms with E-state index in [1.54, 1.807) is 12.1 Å². The fourth-order valence-electron chi connectivity index (χ4n) is 4.30. The van der Waals surface area contributed by atoms with Crippen molar-refractivity contribution in [2.24, 2.45) is 0 Å². The lowest BCUT2D eigenvalue weighted by Gasteiger charge is -2.41. The maximum atomic E-state index is 13.1. The predicted octanol–water partition coefficient (Wildman–Crippen LogP) is 7.53. The quantitative estimate of drug-likeness (QED) is 0.343. The smallest absolute Gasteiger partial charge is 0.336 e. The molecular formula is C28H25Cl2NO2. The normalized spacial score (nSPS) is 15.8. The Bertz CT molecular complexity index is 1150. The van der Waals surface area contributed by atoms with Crippen LogP contribution in [0.1, 0.15) is 42.6 Å². The molecule has 168 valence electrons. The van der Waals surface area contributed by atoms with Crippen LogP contribution in [0.3, 0.4) is 0 Å².